The van der Waals surface area contributed by atoms with Crippen LogP contribution in [0.15, 0.2) is 96.1 Å². The van der Waals surface area contributed by atoms with Gasteiger partial charge in [0.15, 0.2) is 0 Å². The summed E-state index contributed by atoms with van der Waals surface area (Å²) in [6.45, 7) is 1.93. The molecular weight excluding hydrogens is 542 g/mol. The van der Waals surface area contributed by atoms with Crippen molar-refractivity contribution >= 4 is 17.4 Å². The largest absolute Gasteiger partial charge is 0.496 e. The number of carbonyl (C=O) groups excluding carboxylic acids is 1. The Labute approximate surface area is 240 Å². The Kier molecular flexibility index (Phi) is 7.96. The minimum absolute atomic E-state index is 0.0679. The molecule has 0 saturated carbocycles. The maximum absolute atomic E-state index is 15.4. The molecule has 2 heterocycles. The third-order valence-corrected chi connectivity index (χ3v) is 6.52. The highest BCUT2D eigenvalue weighted by Crippen LogP contribution is 2.35. The zero-order chi connectivity index (χ0) is 29.8. The molecule has 0 unspecified atom stereocenters. The molecule has 0 spiro atoms. The van der Waals surface area contributed by atoms with Crippen molar-refractivity contribution in [1.82, 2.24) is 9.55 Å². The van der Waals surface area contributed by atoms with Crippen molar-refractivity contribution in [3.63, 3.8) is 0 Å². The molecule has 0 radical (unpaired) electrons. The Bertz CT molecular complexity index is 1820. The Morgan fingerprint density at radius 1 is 0.929 bits per heavy atom. The van der Waals surface area contributed by atoms with Crippen LogP contribution in [0.25, 0.3) is 27.9 Å². The van der Waals surface area contributed by atoms with Gasteiger partial charge in [0.25, 0.3) is 11.5 Å². The van der Waals surface area contributed by atoms with Crippen molar-refractivity contribution in [1.29, 1.82) is 0 Å². The van der Waals surface area contributed by atoms with E-state index in [-0.39, 0.29) is 29.2 Å². The number of nitrogens with two attached hydrogens (primary N) is 1. The fourth-order valence-corrected chi connectivity index (χ4v) is 4.50. The van der Waals surface area contributed by atoms with E-state index < -0.39 is 23.1 Å². The first-order valence-corrected chi connectivity index (χ1v) is 12.9. The molecule has 5 aromatic rings. The van der Waals surface area contributed by atoms with Crippen LogP contribution in [0.4, 0.5) is 20.3 Å². The van der Waals surface area contributed by atoms with Gasteiger partial charge in [-0.1, -0.05) is 6.07 Å². The molecule has 42 heavy (non-hydrogen) atoms. The molecule has 0 atom stereocenters. The predicted octanol–water partition coefficient (Wildman–Crippen LogP) is 6.09. The van der Waals surface area contributed by atoms with Crippen LogP contribution in [0.3, 0.4) is 0 Å². The van der Waals surface area contributed by atoms with Gasteiger partial charge in [-0.25, -0.2) is 13.8 Å². The number of rotatable bonds is 8. The molecule has 3 N–H and O–H groups in total. The Morgan fingerprint density at radius 2 is 1.69 bits per heavy atom. The molecule has 0 saturated heterocycles. The highest BCUT2D eigenvalue weighted by Gasteiger charge is 2.21. The van der Waals surface area contributed by atoms with Crippen LogP contribution >= 0.6 is 0 Å². The van der Waals surface area contributed by atoms with Gasteiger partial charge < -0.3 is 20.5 Å². The van der Waals surface area contributed by atoms with Gasteiger partial charge in [0, 0.05) is 40.5 Å². The zero-order valence-electron chi connectivity index (χ0n) is 22.7. The number of nitrogen functional groups attached to an aromatic ring is 1. The average molecular weight is 569 g/mol. The van der Waals surface area contributed by atoms with E-state index in [2.05, 4.69) is 10.3 Å². The van der Waals surface area contributed by atoms with Crippen molar-refractivity contribution in [2.45, 2.75) is 6.92 Å². The van der Waals surface area contributed by atoms with Gasteiger partial charge in [-0.2, -0.15) is 0 Å². The van der Waals surface area contributed by atoms with Gasteiger partial charge >= 0.3 is 0 Å². The third kappa shape index (κ3) is 5.68. The van der Waals surface area contributed by atoms with Gasteiger partial charge in [-0.3, -0.25) is 14.2 Å². The van der Waals surface area contributed by atoms with E-state index in [0.717, 1.165) is 5.56 Å². The van der Waals surface area contributed by atoms with Gasteiger partial charge in [0.05, 0.1) is 13.7 Å². The number of anilines is 2. The summed E-state index contributed by atoms with van der Waals surface area (Å²) in [5, 5.41) is 2.59. The lowest BCUT2D eigenvalue weighted by Gasteiger charge is -2.14. The van der Waals surface area contributed by atoms with E-state index in [4.69, 9.17) is 15.2 Å². The lowest BCUT2D eigenvalue weighted by molar-refractivity contribution is 0.102. The van der Waals surface area contributed by atoms with E-state index in [9.17, 15) is 14.0 Å². The van der Waals surface area contributed by atoms with E-state index in [1.165, 1.54) is 59.3 Å². The van der Waals surface area contributed by atoms with Crippen molar-refractivity contribution in [3.8, 4) is 39.4 Å². The third-order valence-electron chi connectivity index (χ3n) is 6.52. The lowest BCUT2D eigenvalue weighted by Crippen LogP contribution is -2.29. The number of hydrogen-bond acceptors (Lipinski definition) is 6. The molecule has 0 aliphatic heterocycles. The Hall–Kier alpha value is -5.51. The first-order valence-electron chi connectivity index (χ1n) is 12.9. The summed E-state index contributed by atoms with van der Waals surface area (Å²) in [5.41, 5.74) is 7.56. The molecule has 212 valence electrons. The molecule has 10 heteroatoms. The van der Waals surface area contributed by atoms with Crippen LogP contribution < -0.4 is 26.1 Å². The molecule has 0 fully saturated rings. The summed E-state index contributed by atoms with van der Waals surface area (Å²) in [4.78, 5) is 30.8. The van der Waals surface area contributed by atoms with E-state index in [1.54, 1.807) is 50.6 Å². The number of ether oxygens (including phenoxy) is 2. The van der Waals surface area contributed by atoms with Crippen LogP contribution in [-0.2, 0) is 0 Å². The Balaban J connectivity index is 1.46. The van der Waals surface area contributed by atoms with E-state index in [0.29, 0.717) is 28.4 Å². The van der Waals surface area contributed by atoms with Crippen molar-refractivity contribution < 1.29 is 23.0 Å². The summed E-state index contributed by atoms with van der Waals surface area (Å²) in [6, 6.07) is 19.7. The number of nitrogens with zero attached hydrogens (tertiary/aromatic N) is 2. The standard InChI is InChI=1S/C32H26F2N4O4/c1-3-42-28-14-15-38(23-9-6-21(33)7-10-23)32(40)30(28)31(39)37-22-8-11-24(26(34)17-22)19-4-12-27(41-2)25(16-19)20-5-13-29(35)36-18-20/h4-18H,3H2,1-2H3,(H2,35,36)(H,37,39). The highest BCUT2D eigenvalue weighted by atomic mass is 19.1. The second kappa shape index (κ2) is 11.9. The van der Waals surface area contributed by atoms with E-state index >= 15 is 4.39 Å². The van der Waals surface area contributed by atoms with Crippen LogP contribution in [0.1, 0.15) is 17.3 Å². The summed E-state index contributed by atoms with van der Waals surface area (Å²) < 4.78 is 41.1. The number of hydrogen-bond donors (Lipinski definition) is 2. The zero-order valence-corrected chi connectivity index (χ0v) is 22.7. The minimum Gasteiger partial charge on any atom is -0.496 e. The quantitative estimate of drug-likeness (QED) is 0.235. The SMILES string of the molecule is CCOc1ccn(-c2ccc(F)cc2)c(=O)c1C(=O)Nc1ccc(-c2ccc(OC)c(-c3ccc(N)nc3)c2)c(F)c1. The summed E-state index contributed by atoms with van der Waals surface area (Å²) in [5.74, 6) is -0.826. The number of nitrogens with one attached hydrogen (secondary N) is 1. The summed E-state index contributed by atoms with van der Waals surface area (Å²) >= 11 is 0. The molecule has 0 aliphatic carbocycles. The van der Waals surface area contributed by atoms with Crippen molar-refractivity contribution in [3.05, 3.63) is 119 Å². The van der Waals surface area contributed by atoms with Crippen LogP contribution in [0.5, 0.6) is 11.5 Å². The normalized spacial score (nSPS) is 10.8. The molecule has 0 bridgehead atoms. The van der Waals surface area contributed by atoms with Crippen LogP contribution in [0, 0.1) is 11.6 Å². The number of carbonyl (C=O) groups is 1. The predicted molar refractivity (Wildman–Crippen MR) is 157 cm³/mol. The molecular formula is C32H26F2N4O4. The number of pyridine rings is 2. The topological polar surface area (TPSA) is 108 Å². The number of amides is 1. The summed E-state index contributed by atoms with van der Waals surface area (Å²) in [6.07, 6.45) is 3.05. The van der Waals surface area contributed by atoms with Crippen LogP contribution in [-0.4, -0.2) is 29.2 Å². The smallest absolute Gasteiger partial charge is 0.271 e. The second-order valence-electron chi connectivity index (χ2n) is 9.18. The molecule has 2 aromatic heterocycles. The van der Waals surface area contributed by atoms with Gasteiger partial charge in [0.1, 0.15) is 34.5 Å². The second-order valence-corrected chi connectivity index (χ2v) is 9.18. The fourth-order valence-electron chi connectivity index (χ4n) is 4.50. The molecule has 3 aromatic carbocycles. The minimum atomic E-state index is -0.783. The Morgan fingerprint density at radius 3 is 2.36 bits per heavy atom. The summed E-state index contributed by atoms with van der Waals surface area (Å²) in [7, 11) is 1.54. The highest BCUT2D eigenvalue weighted by molar-refractivity contribution is 6.06. The maximum atomic E-state index is 15.4. The number of methoxy groups -OCH3 is 1. The first-order chi connectivity index (χ1) is 20.3. The van der Waals surface area contributed by atoms with Gasteiger partial charge in [0.2, 0.25) is 0 Å². The monoisotopic (exact) mass is 568 g/mol. The van der Waals surface area contributed by atoms with Gasteiger partial charge in [-0.05, 0) is 85.3 Å². The van der Waals surface area contributed by atoms with Gasteiger partial charge in [-0.15, -0.1) is 0 Å². The van der Waals surface area contributed by atoms with E-state index in [1.807, 2.05) is 0 Å². The number of aromatic nitrogens is 2. The lowest BCUT2D eigenvalue weighted by atomic mass is 9.98. The van der Waals surface area contributed by atoms with Crippen molar-refractivity contribution in [2.75, 3.05) is 24.8 Å². The van der Waals surface area contributed by atoms with Crippen molar-refractivity contribution in [2.24, 2.45) is 0 Å². The molecule has 1 amide bonds. The maximum Gasteiger partial charge on any atom is 0.271 e. The number of halogens is 2. The van der Waals surface area contributed by atoms with Crippen LogP contribution in [0.2, 0.25) is 0 Å². The molecule has 0 aliphatic rings. The first kappa shape index (κ1) is 28.0. The average Bonchev–Trinajstić information content (AvgIpc) is 2.98. The fraction of sp³-hybridized carbons (Fsp3) is 0.0938. The number of benzene rings is 3. The molecule has 5 rings (SSSR count). The molecule has 8 nitrogen and oxygen atoms in total.